The molecule has 2 saturated heterocycles. The van der Waals surface area contributed by atoms with Crippen molar-refractivity contribution in [3.63, 3.8) is 0 Å². The van der Waals surface area contributed by atoms with Crippen LogP contribution in [0.15, 0.2) is 42.5 Å². The van der Waals surface area contributed by atoms with E-state index in [4.69, 9.17) is 21.1 Å². The lowest BCUT2D eigenvalue weighted by molar-refractivity contribution is -0.159. The summed E-state index contributed by atoms with van der Waals surface area (Å²) in [6.45, 7) is 7.54. The number of para-hydroxylation sites is 1. The van der Waals surface area contributed by atoms with Crippen LogP contribution in [0.2, 0.25) is 5.02 Å². The Morgan fingerprint density at radius 1 is 1.14 bits per heavy atom. The molecule has 2 amide bonds. The first kappa shape index (κ1) is 25.9. The Labute approximate surface area is 221 Å². The number of amides is 2. The van der Waals surface area contributed by atoms with Gasteiger partial charge >= 0.3 is 5.97 Å². The third kappa shape index (κ3) is 3.60. The van der Waals surface area contributed by atoms with Gasteiger partial charge in [0.15, 0.2) is 0 Å². The number of ether oxygens (including phenoxy) is 2. The number of cyclic esters (lactones) is 1. The summed E-state index contributed by atoms with van der Waals surface area (Å²) in [5.74, 6) is -3.33. The first-order chi connectivity index (χ1) is 17.6. The highest BCUT2D eigenvalue weighted by Crippen LogP contribution is 2.59. The number of likely N-dealkylation sites (tertiary alicyclic amines) is 1. The van der Waals surface area contributed by atoms with Crippen LogP contribution in [0.3, 0.4) is 0 Å². The predicted molar refractivity (Wildman–Crippen MR) is 138 cm³/mol. The first-order valence-corrected chi connectivity index (χ1v) is 13.2. The van der Waals surface area contributed by atoms with Gasteiger partial charge in [0, 0.05) is 6.54 Å². The number of hydrogen-bond acceptors (Lipinski definition) is 6. The molecule has 1 N–H and O–H groups in total. The number of carbonyl (C=O) groups is 3. The van der Waals surface area contributed by atoms with Gasteiger partial charge in [0.1, 0.15) is 29.8 Å². The molecule has 8 nitrogen and oxygen atoms in total. The van der Waals surface area contributed by atoms with Gasteiger partial charge in [0.25, 0.3) is 5.91 Å². The molecule has 198 valence electrons. The topological polar surface area (TPSA) is 96.4 Å². The molecule has 0 bridgehead atoms. The quantitative estimate of drug-likeness (QED) is 0.466. The summed E-state index contributed by atoms with van der Waals surface area (Å²) in [5.41, 5.74) is -1.13. The number of nitrogens with zero attached hydrogens (tertiary/aromatic N) is 2. The van der Waals surface area contributed by atoms with Crippen molar-refractivity contribution in [1.82, 2.24) is 4.90 Å². The zero-order valence-corrected chi connectivity index (χ0v) is 22.3. The van der Waals surface area contributed by atoms with Gasteiger partial charge in [-0.25, -0.2) is 0 Å². The monoisotopic (exact) mass is 528 g/mol. The third-order valence-electron chi connectivity index (χ3n) is 8.41. The number of benzene rings is 1. The molecule has 4 heterocycles. The van der Waals surface area contributed by atoms with Crippen LogP contribution in [0.25, 0.3) is 0 Å². The molecule has 0 radical (unpaired) electrons. The van der Waals surface area contributed by atoms with Gasteiger partial charge in [-0.2, -0.15) is 0 Å². The number of hydrogen-bond donors (Lipinski definition) is 1. The number of aryl methyl sites for hydroxylation is 1. The van der Waals surface area contributed by atoms with Gasteiger partial charge in [-0.05, 0) is 37.0 Å². The minimum Gasteiger partial charge on any atom is -0.461 e. The van der Waals surface area contributed by atoms with Crippen molar-refractivity contribution in [2.75, 3.05) is 24.7 Å². The van der Waals surface area contributed by atoms with Crippen molar-refractivity contribution in [1.29, 1.82) is 0 Å². The highest BCUT2D eigenvalue weighted by Gasteiger charge is 2.76. The maximum Gasteiger partial charge on any atom is 0.313 e. The van der Waals surface area contributed by atoms with E-state index in [9.17, 15) is 19.5 Å². The van der Waals surface area contributed by atoms with Crippen molar-refractivity contribution >= 4 is 35.1 Å². The van der Waals surface area contributed by atoms with Gasteiger partial charge in [-0.3, -0.25) is 14.4 Å². The summed E-state index contributed by atoms with van der Waals surface area (Å²) in [6.07, 6.45) is 7.58. The standard InChI is InChI=1S/C28H33ClN2O6/c1-5-27-11-8-14-36-26(35)21(27)20-24(33)31(19(15-32)16(2)3)23-25(34)30(13-7-12-28(20,23)37-27)22-17(4)9-6-10-18(22)29/h6-12,16,19-21,23,32H,5,13-15H2,1-4H3/t19-,20-,21+,23?,27-,28-/m0/s1. The molecular formula is C28H33ClN2O6. The summed E-state index contributed by atoms with van der Waals surface area (Å²) in [5, 5.41) is 10.8. The van der Waals surface area contributed by atoms with E-state index in [0.717, 1.165) is 5.56 Å². The lowest BCUT2D eigenvalue weighted by atomic mass is 9.73. The lowest BCUT2D eigenvalue weighted by Crippen LogP contribution is -2.60. The van der Waals surface area contributed by atoms with E-state index in [1.165, 1.54) is 4.90 Å². The molecule has 0 saturated carbocycles. The van der Waals surface area contributed by atoms with Crippen LogP contribution in [0.5, 0.6) is 0 Å². The number of rotatable bonds is 5. The van der Waals surface area contributed by atoms with Crippen molar-refractivity contribution in [2.24, 2.45) is 17.8 Å². The fraction of sp³-hybridized carbons (Fsp3) is 0.536. The summed E-state index contributed by atoms with van der Waals surface area (Å²) >= 11 is 6.58. The van der Waals surface area contributed by atoms with E-state index in [2.05, 4.69) is 0 Å². The minimum absolute atomic E-state index is 0.0983. The second-order valence-corrected chi connectivity index (χ2v) is 11.1. The average molecular weight is 529 g/mol. The van der Waals surface area contributed by atoms with E-state index in [1.54, 1.807) is 23.1 Å². The summed E-state index contributed by atoms with van der Waals surface area (Å²) in [7, 11) is 0. The van der Waals surface area contributed by atoms with E-state index < -0.39 is 41.1 Å². The lowest BCUT2D eigenvalue weighted by Gasteiger charge is -2.41. The van der Waals surface area contributed by atoms with Crippen molar-refractivity contribution in [2.45, 2.75) is 57.4 Å². The molecule has 0 aliphatic carbocycles. The van der Waals surface area contributed by atoms with Crippen LogP contribution in [-0.4, -0.2) is 70.8 Å². The largest absolute Gasteiger partial charge is 0.461 e. The predicted octanol–water partition coefficient (Wildman–Crippen LogP) is 3.04. The Kier molecular flexibility index (Phi) is 6.49. The number of halogens is 1. The number of aliphatic hydroxyl groups excluding tert-OH is 1. The first-order valence-electron chi connectivity index (χ1n) is 12.8. The van der Waals surface area contributed by atoms with Crippen LogP contribution in [-0.2, 0) is 23.9 Å². The Bertz CT molecular complexity index is 1180. The fourth-order valence-corrected chi connectivity index (χ4v) is 7.00. The SMILES string of the molecule is CC[C@]12C=CCOC(=O)[C@H]1[C@H]1C(=O)N([C@@H](CO)C(C)C)C3C(=O)N(c4c(C)cccc4Cl)CC=C[C@@]31O2. The smallest absolute Gasteiger partial charge is 0.313 e. The van der Waals surface area contributed by atoms with Gasteiger partial charge in [0.2, 0.25) is 5.91 Å². The van der Waals surface area contributed by atoms with Crippen molar-refractivity contribution in [3.05, 3.63) is 53.1 Å². The third-order valence-corrected chi connectivity index (χ3v) is 8.71. The molecule has 1 aromatic rings. The second-order valence-electron chi connectivity index (χ2n) is 10.7. The average Bonchev–Trinajstić information content (AvgIpc) is 3.13. The van der Waals surface area contributed by atoms with Gasteiger partial charge in [0.05, 0.1) is 29.3 Å². The van der Waals surface area contributed by atoms with Gasteiger partial charge in [-0.1, -0.05) is 62.7 Å². The maximum absolute atomic E-state index is 14.6. The molecule has 1 spiro atoms. The molecule has 4 aliphatic rings. The Balaban J connectivity index is 1.73. The number of carbonyl (C=O) groups excluding carboxylic acids is 3. The van der Waals surface area contributed by atoms with Gasteiger partial charge < -0.3 is 24.4 Å². The Morgan fingerprint density at radius 2 is 1.89 bits per heavy atom. The summed E-state index contributed by atoms with van der Waals surface area (Å²) in [6, 6.07) is 3.67. The normalized spacial score (nSPS) is 33.7. The zero-order chi connectivity index (χ0) is 26.7. The van der Waals surface area contributed by atoms with Crippen LogP contribution >= 0.6 is 11.6 Å². The second kappa shape index (κ2) is 9.26. The molecule has 1 unspecified atom stereocenters. The van der Waals surface area contributed by atoms with Gasteiger partial charge in [-0.15, -0.1) is 0 Å². The molecule has 1 aromatic carbocycles. The Hall–Kier alpha value is -2.68. The number of esters is 1. The van der Waals surface area contributed by atoms with E-state index in [-0.39, 0.29) is 37.5 Å². The summed E-state index contributed by atoms with van der Waals surface area (Å²) < 4.78 is 12.3. The van der Waals surface area contributed by atoms with Crippen LogP contribution in [0.4, 0.5) is 5.69 Å². The molecule has 9 heteroatoms. The number of anilines is 1. The molecule has 4 aliphatic heterocycles. The van der Waals surface area contributed by atoms with Crippen LogP contribution < -0.4 is 4.90 Å². The molecule has 5 rings (SSSR count). The van der Waals surface area contributed by atoms with E-state index >= 15 is 0 Å². The number of fused-ring (bicyclic) bond motifs is 2. The highest BCUT2D eigenvalue weighted by atomic mass is 35.5. The fourth-order valence-electron chi connectivity index (χ4n) is 6.68. The summed E-state index contributed by atoms with van der Waals surface area (Å²) in [4.78, 5) is 45.3. The number of aliphatic hydroxyl groups is 1. The minimum atomic E-state index is -1.41. The zero-order valence-electron chi connectivity index (χ0n) is 21.5. The molecule has 6 atom stereocenters. The molecule has 2 fully saturated rings. The highest BCUT2D eigenvalue weighted by molar-refractivity contribution is 6.34. The van der Waals surface area contributed by atoms with Crippen LogP contribution in [0.1, 0.15) is 32.8 Å². The van der Waals surface area contributed by atoms with Crippen molar-refractivity contribution in [3.8, 4) is 0 Å². The molecular weight excluding hydrogens is 496 g/mol. The van der Waals surface area contributed by atoms with Crippen molar-refractivity contribution < 1.29 is 29.0 Å². The molecule has 0 aromatic heterocycles. The van der Waals surface area contributed by atoms with E-state index in [1.807, 2.05) is 52.0 Å². The maximum atomic E-state index is 14.6. The van der Waals surface area contributed by atoms with Crippen LogP contribution in [0, 0.1) is 24.7 Å². The Morgan fingerprint density at radius 3 is 2.54 bits per heavy atom. The van der Waals surface area contributed by atoms with E-state index in [0.29, 0.717) is 17.1 Å². The molecule has 37 heavy (non-hydrogen) atoms.